The number of hydrogen-bond acceptors (Lipinski definition) is 4. The van der Waals surface area contributed by atoms with Crippen LogP contribution in [0.1, 0.15) is 0 Å². The minimum absolute atomic E-state index is 0.354. The molecule has 0 radical (unpaired) electrons. The molecule has 0 aliphatic heterocycles. The number of carbonyl (C=O) groups excluding carboxylic acids is 1. The molecule has 29 heavy (non-hydrogen) atoms. The summed E-state index contributed by atoms with van der Waals surface area (Å²) >= 11 is 5.83. The summed E-state index contributed by atoms with van der Waals surface area (Å²) in [7, 11) is 0. The van der Waals surface area contributed by atoms with Crippen LogP contribution in [0.3, 0.4) is 0 Å². The molecular formula is C21H16ClN5O2. The molecular weight excluding hydrogens is 390 g/mol. The predicted molar refractivity (Wildman–Crippen MR) is 112 cm³/mol. The second-order valence-corrected chi connectivity index (χ2v) is 6.47. The first-order valence-corrected chi connectivity index (χ1v) is 9.12. The zero-order valence-corrected chi connectivity index (χ0v) is 15.9. The van der Waals surface area contributed by atoms with Crippen LogP contribution in [0.25, 0.3) is 5.82 Å². The fraction of sp³-hybridized carbons (Fsp3) is 0. The molecule has 0 bridgehead atoms. The van der Waals surface area contributed by atoms with Crippen LogP contribution in [0.5, 0.6) is 11.6 Å². The molecule has 0 spiro atoms. The Kier molecular flexibility index (Phi) is 5.40. The number of amides is 2. The minimum atomic E-state index is -0.354. The van der Waals surface area contributed by atoms with Gasteiger partial charge < -0.3 is 19.9 Å². The Morgan fingerprint density at radius 1 is 0.828 bits per heavy atom. The van der Waals surface area contributed by atoms with E-state index in [1.807, 2.05) is 35.2 Å². The average Bonchev–Trinajstić information content (AvgIpc) is 3.27. The van der Waals surface area contributed by atoms with E-state index in [1.165, 1.54) is 0 Å². The number of anilines is 2. The van der Waals surface area contributed by atoms with Gasteiger partial charge in [-0.25, -0.2) is 4.79 Å². The van der Waals surface area contributed by atoms with Gasteiger partial charge in [0, 0.05) is 34.9 Å². The number of carbonyl (C=O) groups is 1. The van der Waals surface area contributed by atoms with E-state index < -0.39 is 0 Å². The van der Waals surface area contributed by atoms with Crippen molar-refractivity contribution in [3.63, 3.8) is 0 Å². The average molecular weight is 406 g/mol. The molecule has 144 valence electrons. The highest BCUT2D eigenvalue weighted by Gasteiger charge is 2.05. The number of ether oxygens (including phenoxy) is 1. The Labute approximate surface area is 171 Å². The highest BCUT2D eigenvalue weighted by atomic mass is 35.5. The third kappa shape index (κ3) is 4.91. The largest absolute Gasteiger partial charge is 0.438 e. The molecule has 8 heteroatoms. The smallest absolute Gasteiger partial charge is 0.323 e. The molecule has 4 aromatic rings. The first-order chi connectivity index (χ1) is 14.2. The van der Waals surface area contributed by atoms with E-state index in [4.69, 9.17) is 16.3 Å². The standard InChI is InChI=1S/C21H16ClN5O2/c22-15-3-5-16(6-4-15)23-21(28)24-17-7-9-18(10-8-17)29-20-12-11-19(25-26-20)27-13-1-2-14-27/h1-14H,(H2,23,24,28). The molecule has 2 heterocycles. The Bertz CT molecular complexity index is 1080. The van der Waals surface area contributed by atoms with E-state index >= 15 is 0 Å². The first-order valence-electron chi connectivity index (χ1n) is 8.74. The number of benzene rings is 2. The fourth-order valence-corrected chi connectivity index (χ4v) is 2.67. The highest BCUT2D eigenvalue weighted by Crippen LogP contribution is 2.22. The van der Waals surface area contributed by atoms with Crippen molar-refractivity contribution in [2.45, 2.75) is 0 Å². The van der Waals surface area contributed by atoms with E-state index in [2.05, 4.69) is 20.8 Å². The molecule has 2 N–H and O–H groups in total. The molecule has 7 nitrogen and oxygen atoms in total. The number of urea groups is 1. The third-order valence-electron chi connectivity index (χ3n) is 3.93. The predicted octanol–water partition coefficient (Wildman–Crippen LogP) is 5.36. The molecule has 0 aliphatic carbocycles. The normalized spacial score (nSPS) is 10.4. The van der Waals surface area contributed by atoms with Gasteiger partial charge in [-0.05, 0) is 66.7 Å². The van der Waals surface area contributed by atoms with Crippen molar-refractivity contribution in [3.05, 3.63) is 90.2 Å². The van der Waals surface area contributed by atoms with E-state index in [9.17, 15) is 4.79 Å². The Morgan fingerprint density at radius 2 is 1.45 bits per heavy atom. The number of halogens is 1. The zero-order valence-electron chi connectivity index (χ0n) is 15.1. The van der Waals surface area contributed by atoms with Crippen molar-refractivity contribution in [2.75, 3.05) is 10.6 Å². The van der Waals surface area contributed by atoms with Gasteiger partial charge in [0.2, 0.25) is 5.88 Å². The van der Waals surface area contributed by atoms with Crippen molar-refractivity contribution in [2.24, 2.45) is 0 Å². The molecule has 0 saturated carbocycles. The number of nitrogens with one attached hydrogen (secondary N) is 2. The maximum absolute atomic E-state index is 12.1. The lowest BCUT2D eigenvalue weighted by atomic mass is 10.3. The fourth-order valence-electron chi connectivity index (χ4n) is 2.55. The maximum Gasteiger partial charge on any atom is 0.323 e. The van der Waals surface area contributed by atoms with Gasteiger partial charge >= 0.3 is 6.03 Å². The topological polar surface area (TPSA) is 81.1 Å². The first kappa shape index (κ1) is 18.5. The van der Waals surface area contributed by atoms with Crippen molar-refractivity contribution >= 4 is 29.0 Å². The van der Waals surface area contributed by atoms with E-state index in [-0.39, 0.29) is 6.03 Å². The minimum Gasteiger partial charge on any atom is -0.438 e. The van der Waals surface area contributed by atoms with Crippen LogP contribution in [0.2, 0.25) is 5.02 Å². The summed E-state index contributed by atoms with van der Waals surface area (Å²) < 4.78 is 7.55. The van der Waals surface area contributed by atoms with Crippen LogP contribution in [0.4, 0.5) is 16.2 Å². The number of aromatic nitrogens is 3. The van der Waals surface area contributed by atoms with E-state index in [0.717, 1.165) is 0 Å². The van der Waals surface area contributed by atoms with Gasteiger partial charge in [0.25, 0.3) is 0 Å². The Balaban J connectivity index is 1.34. The third-order valence-corrected chi connectivity index (χ3v) is 4.18. The lowest BCUT2D eigenvalue weighted by molar-refractivity contribution is 0.262. The Hall–Kier alpha value is -3.84. The van der Waals surface area contributed by atoms with Crippen molar-refractivity contribution in [1.29, 1.82) is 0 Å². The van der Waals surface area contributed by atoms with Crippen LogP contribution >= 0.6 is 11.6 Å². The summed E-state index contributed by atoms with van der Waals surface area (Å²) in [6, 6.07) is 20.8. The molecule has 4 rings (SSSR count). The van der Waals surface area contributed by atoms with Gasteiger partial charge in [-0.3, -0.25) is 0 Å². The molecule has 0 aliphatic rings. The maximum atomic E-state index is 12.1. The van der Waals surface area contributed by atoms with Gasteiger partial charge in [0.1, 0.15) is 5.75 Å². The quantitative estimate of drug-likeness (QED) is 0.468. The molecule has 0 atom stereocenters. The highest BCUT2D eigenvalue weighted by molar-refractivity contribution is 6.30. The lowest BCUT2D eigenvalue weighted by Crippen LogP contribution is -2.19. The summed E-state index contributed by atoms with van der Waals surface area (Å²) in [6.45, 7) is 0. The summed E-state index contributed by atoms with van der Waals surface area (Å²) in [5.41, 5.74) is 1.27. The van der Waals surface area contributed by atoms with E-state index in [0.29, 0.717) is 33.8 Å². The lowest BCUT2D eigenvalue weighted by Gasteiger charge is -2.09. The van der Waals surface area contributed by atoms with Gasteiger partial charge in [-0.1, -0.05) is 11.6 Å². The summed E-state index contributed by atoms with van der Waals surface area (Å²) in [6.07, 6.45) is 3.78. The molecule has 0 unspecified atom stereocenters. The second kappa shape index (κ2) is 8.45. The van der Waals surface area contributed by atoms with Crippen LogP contribution in [-0.4, -0.2) is 20.8 Å². The number of rotatable bonds is 5. The monoisotopic (exact) mass is 405 g/mol. The Morgan fingerprint density at radius 3 is 2.03 bits per heavy atom. The van der Waals surface area contributed by atoms with Gasteiger partial charge in [0.05, 0.1) is 0 Å². The molecule has 2 amide bonds. The zero-order chi connectivity index (χ0) is 20.1. The van der Waals surface area contributed by atoms with Gasteiger partial charge in [-0.15, -0.1) is 10.2 Å². The summed E-state index contributed by atoms with van der Waals surface area (Å²) in [5.74, 6) is 1.66. The summed E-state index contributed by atoms with van der Waals surface area (Å²) in [5, 5.41) is 14.3. The molecule has 0 saturated heterocycles. The number of nitrogens with zero attached hydrogens (tertiary/aromatic N) is 3. The molecule has 0 fully saturated rings. The van der Waals surface area contributed by atoms with Crippen molar-refractivity contribution in [3.8, 4) is 17.4 Å². The van der Waals surface area contributed by atoms with Crippen LogP contribution in [0.15, 0.2) is 85.2 Å². The van der Waals surface area contributed by atoms with Crippen LogP contribution < -0.4 is 15.4 Å². The van der Waals surface area contributed by atoms with Gasteiger partial charge in [0.15, 0.2) is 5.82 Å². The summed E-state index contributed by atoms with van der Waals surface area (Å²) in [4.78, 5) is 12.1. The van der Waals surface area contributed by atoms with Crippen molar-refractivity contribution < 1.29 is 9.53 Å². The second-order valence-electron chi connectivity index (χ2n) is 6.03. The van der Waals surface area contributed by atoms with Crippen LogP contribution in [0, 0.1) is 0 Å². The SMILES string of the molecule is O=C(Nc1ccc(Cl)cc1)Nc1ccc(Oc2ccc(-n3cccc3)nn2)cc1. The van der Waals surface area contributed by atoms with Crippen molar-refractivity contribution in [1.82, 2.24) is 14.8 Å². The molecule has 2 aromatic heterocycles. The van der Waals surface area contributed by atoms with Crippen LogP contribution in [-0.2, 0) is 0 Å². The van der Waals surface area contributed by atoms with Gasteiger partial charge in [-0.2, -0.15) is 0 Å². The molecule has 2 aromatic carbocycles. The number of hydrogen-bond donors (Lipinski definition) is 2. The van der Waals surface area contributed by atoms with E-state index in [1.54, 1.807) is 54.6 Å².